The Kier molecular flexibility index (Phi) is 5.39. The van der Waals surface area contributed by atoms with E-state index >= 15 is 0 Å². The van der Waals surface area contributed by atoms with E-state index < -0.39 is 0 Å². The number of carbonyl (C=O) groups excluding carboxylic acids is 1. The molecule has 0 aliphatic carbocycles. The van der Waals surface area contributed by atoms with Crippen molar-refractivity contribution in [2.45, 2.75) is 19.9 Å². The molecule has 0 aliphatic rings. The Morgan fingerprint density at radius 2 is 1.80 bits per heavy atom. The van der Waals surface area contributed by atoms with Crippen molar-refractivity contribution in [2.75, 3.05) is 25.0 Å². The number of aromatic nitrogens is 1. The number of fused-ring (bicyclic) bond motifs is 1. The van der Waals surface area contributed by atoms with Crippen LogP contribution in [0.4, 0.5) is 5.69 Å². The maximum absolute atomic E-state index is 12.3. The number of nitrogens with zero attached hydrogens (tertiary/aromatic N) is 2. The molecule has 0 saturated carbocycles. The number of hydrogen-bond acceptors (Lipinski definition) is 2. The minimum Gasteiger partial charge on any atom is -0.375 e. The summed E-state index contributed by atoms with van der Waals surface area (Å²) in [6, 6.07) is 20.6. The van der Waals surface area contributed by atoms with E-state index in [1.807, 2.05) is 37.3 Å². The van der Waals surface area contributed by atoms with Crippen LogP contribution in [0, 0.1) is 6.92 Å². The van der Waals surface area contributed by atoms with Crippen LogP contribution in [0.25, 0.3) is 10.9 Å². The highest BCUT2D eigenvalue weighted by atomic mass is 16.1. The van der Waals surface area contributed by atoms with Gasteiger partial charge in [0.2, 0.25) is 5.91 Å². The Hall–Kier alpha value is -2.75. The second-order valence-corrected chi connectivity index (χ2v) is 6.39. The van der Waals surface area contributed by atoms with Crippen molar-refractivity contribution in [1.82, 2.24) is 9.88 Å². The molecular formula is C21H25N3O. The first-order chi connectivity index (χ1) is 12.1. The number of aryl methyl sites for hydroxylation is 1. The third kappa shape index (κ3) is 4.21. The van der Waals surface area contributed by atoms with E-state index in [0.717, 1.165) is 24.2 Å². The van der Waals surface area contributed by atoms with Gasteiger partial charge in [-0.25, -0.2) is 0 Å². The summed E-state index contributed by atoms with van der Waals surface area (Å²) < 4.78 is 2.07. The van der Waals surface area contributed by atoms with Crippen molar-refractivity contribution in [3.63, 3.8) is 0 Å². The molecule has 4 nitrogen and oxygen atoms in total. The number of amides is 1. The summed E-state index contributed by atoms with van der Waals surface area (Å²) in [4.78, 5) is 14.5. The highest BCUT2D eigenvalue weighted by Crippen LogP contribution is 2.18. The lowest BCUT2D eigenvalue weighted by molar-refractivity contribution is -0.121. The average Bonchev–Trinajstić information content (AvgIpc) is 2.95. The molecule has 2 aromatic carbocycles. The molecule has 1 amide bonds. The van der Waals surface area contributed by atoms with Crippen LogP contribution in [-0.4, -0.2) is 30.6 Å². The van der Waals surface area contributed by atoms with Crippen LogP contribution in [0.3, 0.4) is 0 Å². The molecule has 130 valence electrons. The number of nitrogens with one attached hydrogen (secondary N) is 1. The quantitative estimate of drug-likeness (QED) is 0.670. The zero-order valence-electron chi connectivity index (χ0n) is 14.9. The van der Waals surface area contributed by atoms with Gasteiger partial charge in [0.15, 0.2) is 0 Å². The SMILES string of the molecule is Cc1cc2ccccc2n1CC(=O)NCCCN(C)c1ccccc1. The molecule has 4 heteroatoms. The third-order valence-corrected chi connectivity index (χ3v) is 4.51. The Morgan fingerprint density at radius 1 is 1.08 bits per heavy atom. The first-order valence-corrected chi connectivity index (χ1v) is 8.73. The predicted octanol–water partition coefficient (Wildman–Crippen LogP) is 3.59. The fraction of sp³-hybridized carbons (Fsp3) is 0.286. The molecule has 0 radical (unpaired) electrons. The maximum atomic E-state index is 12.3. The first kappa shape index (κ1) is 17.1. The number of carbonyl (C=O) groups is 1. The highest BCUT2D eigenvalue weighted by Gasteiger charge is 2.09. The van der Waals surface area contributed by atoms with Gasteiger partial charge >= 0.3 is 0 Å². The first-order valence-electron chi connectivity index (χ1n) is 8.73. The fourth-order valence-corrected chi connectivity index (χ4v) is 3.11. The Labute approximate surface area is 149 Å². The van der Waals surface area contributed by atoms with E-state index in [0.29, 0.717) is 13.1 Å². The standard InChI is InChI=1S/C21H25N3O/c1-17-15-18-9-6-7-12-20(18)24(17)16-21(25)22-13-8-14-23(2)19-10-4-3-5-11-19/h3-7,9-12,15H,8,13-14,16H2,1-2H3,(H,22,25). The van der Waals surface area contributed by atoms with Gasteiger partial charge in [-0.3, -0.25) is 4.79 Å². The number of para-hydroxylation sites is 2. The van der Waals surface area contributed by atoms with Crippen LogP contribution < -0.4 is 10.2 Å². The normalized spacial score (nSPS) is 10.8. The van der Waals surface area contributed by atoms with Gasteiger partial charge in [-0.05, 0) is 43.0 Å². The van der Waals surface area contributed by atoms with Crippen LogP contribution in [0.5, 0.6) is 0 Å². The van der Waals surface area contributed by atoms with Crippen LogP contribution in [0.1, 0.15) is 12.1 Å². The molecule has 25 heavy (non-hydrogen) atoms. The third-order valence-electron chi connectivity index (χ3n) is 4.51. The summed E-state index contributed by atoms with van der Waals surface area (Å²) in [5.41, 5.74) is 3.42. The van der Waals surface area contributed by atoms with E-state index in [9.17, 15) is 4.79 Å². The van der Waals surface area contributed by atoms with Crippen molar-refractivity contribution in [3.05, 3.63) is 66.4 Å². The van der Waals surface area contributed by atoms with E-state index in [2.05, 4.69) is 52.2 Å². The van der Waals surface area contributed by atoms with Crippen LogP contribution in [0.15, 0.2) is 60.7 Å². The molecule has 1 aromatic heterocycles. The van der Waals surface area contributed by atoms with Crippen LogP contribution >= 0.6 is 0 Å². The van der Waals surface area contributed by atoms with Crippen molar-refractivity contribution in [3.8, 4) is 0 Å². The second-order valence-electron chi connectivity index (χ2n) is 6.39. The van der Waals surface area contributed by atoms with Gasteiger partial charge in [0.05, 0.1) is 0 Å². The smallest absolute Gasteiger partial charge is 0.239 e. The number of rotatable bonds is 7. The van der Waals surface area contributed by atoms with E-state index in [-0.39, 0.29) is 5.91 Å². The Balaban J connectivity index is 1.47. The van der Waals surface area contributed by atoms with Gasteiger partial charge < -0.3 is 14.8 Å². The summed E-state index contributed by atoms with van der Waals surface area (Å²) >= 11 is 0. The fourth-order valence-electron chi connectivity index (χ4n) is 3.11. The van der Waals surface area contributed by atoms with Crippen molar-refractivity contribution < 1.29 is 4.79 Å². The summed E-state index contributed by atoms with van der Waals surface area (Å²) in [5.74, 6) is 0.0619. The van der Waals surface area contributed by atoms with E-state index in [4.69, 9.17) is 0 Å². The maximum Gasteiger partial charge on any atom is 0.239 e. The zero-order chi connectivity index (χ0) is 17.6. The highest BCUT2D eigenvalue weighted by molar-refractivity contribution is 5.84. The molecule has 0 saturated heterocycles. The molecule has 3 rings (SSSR count). The molecular weight excluding hydrogens is 310 g/mol. The zero-order valence-corrected chi connectivity index (χ0v) is 14.9. The topological polar surface area (TPSA) is 37.3 Å². The molecule has 0 spiro atoms. The average molecular weight is 335 g/mol. The minimum absolute atomic E-state index is 0.0619. The minimum atomic E-state index is 0.0619. The molecule has 3 aromatic rings. The lowest BCUT2D eigenvalue weighted by Crippen LogP contribution is -2.31. The monoisotopic (exact) mass is 335 g/mol. The van der Waals surface area contributed by atoms with Crippen molar-refractivity contribution >= 4 is 22.5 Å². The molecule has 1 N–H and O–H groups in total. The number of anilines is 1. The molecule has 0 unspecified atom stereocenters. The second kappa shape index (κ2) is 7.88. The van der Waals surface area contributed by atoms with E-state index in [1.165, 1.54) is 11.1 Å². The van der Waals surface area contributed by atoms with Crippen LogP contribution in [-0.2, 0) is 11.3 Å². The predicted molar refractivity (Wildman–Crippen MR) is 104 cm³/mol. The number of benzene rings is 2. The molecule has 0 bridgehead atoms. The Bertz CT molecular complexity index is 839. The van der Waals surface area contributed by atoms with Gasteiger partial charge in [0.1, 0.15) is 6.54 Å². The van der Waals surface area contributed by atoms with Gasteiger partial charge in [-0.2, -0.15) is 0 Å². The van der Waals surface area contributed by atoms with Gasteiger partial charge in [-0.15, -0.1) is 0 Å². The van der Waals surface area contributed by atoms with Gasteiger partial charge in [0, 0.05) is 37.0 Å². The van der Waals surface area contributed by atoms with Crippen molar-refractivity contribution in [2.24, 2.45) is 0 Å². The molecule has 1 heterocycles. The lowest BCUT2D eigenvalue weighted by Gasteiger charge is -2.19. The van der Waals surface area contributed by atoms with Gasteiger partial charge in [-0.1, -0.05) is 36.4 Å². The number of hydrogen-bond donors (Lipinski definition) is 1. The summed E-state index contributed by atoms with van der Waals surface area (Å²) in [6.45, 7) is 4.01. The summed E-state index contributed by atoms with van der Waals surface area (Å²) in [6.07, 6.45) is 0.919. The Morgan fingerprint density at radius 3 is 2.60 bits per heavy atom. The molecule has 0 atom stereocenters. The van der Waals surface area contributed by atoms with Crippen LogP contribution in [0.2, 0.25) is 0 Å². The lowest BCUT2D eigenvalue weighted by atomic mass is 10.2. The largest absolute Gasteiger partial charge is 0.375 e. The van der Waals surface area contributed by atoms with E-state index in [1.54, 1.807) is 0 Å². The van der Waals surface area contributed by atoms with Gasteiger partial charge in [0.25, 0.3) is 0 Å². The molecule has 0 fully saturated rings. The van der Waals surface area contributed by atoms with Crippen molar-refractivity contribution in [1.29, 1.82) is 0 Å². The summed E-state index contributed by atoms with van der Waals surface area (Å²) in [5, 5.41) is 4.21. The summed E-state index contributed by atoms with van der Waals surface area (Å²) in [7, 11) is 2.08. The molecule has 0 aliphatic heterocycles.